The van der Waals surface area contributed by atoms with Crippen LogP contribution >= 0.6 is 7.82 Å². The molecular weight excluding hydrogens is 794 g/mol. The highest BCUT2D eigenvalue weighted by Crippen LogP contribution is 2.38. The topological polar surface area (TPSA) is 94.1 Å². The number of phosphoric acid groups is 1. The molecule has 0 aliphatic heterocycles. The lowest BCUT2D eigenvalue weighted by molar-refractivity contribution is -0.870. The molecule has 0 aliphatic rings. The molecule has 2 atom stereocenters. The van der Waals surface area contributed by atoms with E-state index in [0.29, 0.717) is 24.1 Å². The van der Waals surface area contributed by atoms with Crippen molar-refractivity contribution in [2.24, 2.45) is 0 Å². The van der Waals surface area contributed by atoms with Crippen LogP contribution in [0.5, 0.6) is 0 Å². The second-order valence-electron chi connectivity index (χ2n) is 19.6. The first-order valence-corrected chi connectivity index (χ1v) is 28.4. The fourth-order valence-electron chi connectivity index (χ4n) is 7.90. The summed E-state index contributed by atoms with van der Waals surface area (Å²) in [6, 6.07) is 0. The van der Waals surface area contributed by atoms with Crippen molar-refractivity contribution in [2.45, 2.75) is 270 Å². The molecule has 0 saturated carbocycles. The molecule has 0 aromatic carbocycles. The van der Waals surface area contributed by atoms with E-state index in [2.05, 4.69) is 26.0 Å². The van der Waals surface area contributed by atoms with Crippen LogP contribution in [0.1, 0.15) is 264 Å². The van der Waals surface area contributed by atoms with E-state index in [1.165, 1.54) is 212 Å². The number of quaternary nitrogens is 1. The van der Waals surface area contributed by atoms with Crippen molar-refractivity contribution in [3.05, 3.63) is 12.2 Å². The normalized spacial score (nSPS) is 13.6. The molecule has 0 heterocycles. The van der Waals surface area contributed by atoms with Gasteiger partial charge < -0.3 is 27.9 Å². The summed E-state index contributed by atoms with van der Waals surface area (Å²) in [5.41, 5.74) is 0. The molecule has 0 N–H and O–H groups in total. The maximum atomic E-state index is 12.7. The number of carbonyl (C=O) groups excluding carboxylic acids is 1. The van der Waals surface area contributed by atoms with Crippen molar-refractivity contribution in [1.29, 1.82) is 0 Å². The fraction of sp³-hybridized carbons (Fsp3) is 0.943. The fourth-order valence-corrected chi connectivity index (χ4v) is 8.63. The monoisotopic (exact) mass is 900 g/mol. The molecule has 370 valence electrons. The number of unbranched alkanes of at least 4 members (excludes halogenated alkanes) is 35. The van der Waals surface area contributed by atoms with Crippen LogP contribution in [0.2, 0.25) is 0 Å². The van der Waals surface area contributed by atoms with Crippen LogP contribution in [0.25, 0.3) is 0 Å². The van der Waals surface area contributed by atoms with Gasteiger partial charge in [0.2, 0.25) is 0 Å². The Morgan fingerprint density at radius 3 is 1.23 bits per heavy atom. The minimum absolute atomic E-state index is 0.0289. The molecular formula is C53H106NO7P. The molecule has 9 heteroatoms. The molecule has 0 fully saturated rings. The molecule has 0 aliphatic carbocycles. The smallest absolute Gasteiger partial charge is 0.306 e. The van der Waals surface area contributed by atoms with Gasteiger partial charge in [-0.2, -0.15) is 0 Å². The summed E-state index contributed by atoms with van der Waals surface area (Å²) in [4.78, 5) is 25.2. The van der Waals surface area contributed by atoms with Gasteiger partial charge in [-0.1, -0.05) is 231 Å². The number of likely N-dealkylation sites (N-methyl/N-ethyl adjacent to an activating group) is 1. The number of rotatable bonds is 51. The third-order valence-electron chi connectivity index (χ3n) is 12.1. The number of phosphoric ester groups is 1. The third kappa shape index (κ3) is 50.2. The van der Waals surface area contributed by atoms with E-state index in [9.17, 15) is 14.3 Å². The SMILES string of the molecule is CCCCCCCCC/C=C\CCCCCCCCCC(=O)OC(COCCCCCCCCCCCCCCCCCCCCCCCC)COP(=O)([O-])OCC[N+](C)(C)C. The predicted molar refractivity (Wildman–Crippen MR) is 264 cm³/mol. The second kappa shape index (κ2) is 46.8. The summed E-state index contributed by atoms with van der Waals surface area (Å²) in [7, 11) is 1.37. The Balaban J connectivity index is 4.07. The highest BCUT2D eigenvalue weighted by Gasteiger charge is 2.20. The van der Waals surface area contributed by atoms with Crippen LogP contribution in [0.4, 0.5) is 0 Å². The van der Waals surface area contributed by atoms with Gasteiger partial charge in [-0.25, -0.2) is 0 Å². The zero-order valence-corrected chi connectivity index (χ0v) is 43.0. The zero-order valence-electron chi connectivity index (χ0n) is 42.1. The number of hydrogen-bond donors (Lipinski definition) is 0. The number of nitrogens with zero attached hydrogens (tertiary/aromatic N) is 1. The van der Waals surface area contributed by atoms with Gasteiger partial charge in [0.05, 0.1) is 34.4 Å². The summed E-state index contributed by atoms with van der Waals surface area (Å²) in [5.74, 6) is -0.332. The third-order valence-corrected chi connectivity index (χ3v) is 13.0. The van der Waals surface area contributed by atoms with E-state index in [1.54, 1.807) is 0 Å². The van der Waals surface area contributed by atoms with Gasteiger partial charge in [-0.15, -0.1) is 0 Å². The average molecular weight is 900 g/mol. The van der Waals surface area contributed by atoms with Crippen LogP contribution in [0.3, 0.4) is 0 Å². The summed E-state index contributed by atoms with van der Waals surface area (Å²) < 4.78 is 34.8. The molecule has 0 amide bonds. The molecule has 0 spiro atoms. The molecule has 2 unspecified atom stereocenters. The van der Waals surface area contributed by atoms with Crippen molar-refractivity contribution in [3.8, 4) is 0 Å². The van der Waals surface area contributed by atoms with E-state index in [-0.39, 0.29) is 25.8 Å². The standard InChI is InChI=1S/C53H106NO7P/c1-6-8-10-12-14-16-18-20-22-24-26-27-28-29-31-33-35-37-39-41-43-45-48-58-50-52(51-60-62(56,57)59-49-47-54(3,4)5)61-53(55)46-44-42-40-38-36-34-32-30-25-23-21-19-17-15-13-11-9-7-2/h23,25,52H,6-22,24,26-51H2,1-5H3/b25-23-. The second-order valence-corrected chi connectivity index (χ2v) is 21.0. The largest absolute Gasteiger partial charge is 0.756 e. The Labute approximate surface area is 386 Å². The van der Waals surface area contributed by atoms with Crippen LogP contribution in [-0.4, -0.2) is 70.7 Å². The van der Waals surface area contributed by atoms with Gasteiger partial charge in [-0.05, 0) is 38.5 Å². The number of esters is 1. The Kier molecular flexibility index (Phi) is 46.2. The van der Waals surface area contributed by atoms with E-state index < -0.39 is 13.9 Å². The molecule has 0 saturated heterocycles. The van der Waals surface area contributed by atoms with E-state index >= 15 is 0 Å². The number of carbonyl (C=O) groups is 1. The number of ether oxygens (including phenoxy) is 2. The van der Waals surface area contributed by atoms with Crippen LogP contribution < -0.4 is 4.89 Å². The first-order valence-electron chi connectivity index (χ1n) is 26.9. The Morgan fingerprint density at radius 2 is 0.839 bits per heavy atom. The van der Waals surface area contributed by atoms with E-state index in [0.717, 1.165) is 32.1 Å². The van der Waals surface area contributed by atoms with Crippen molar-refractivity contribution >= 4 is 13.8 Å². The lowest BCUT2D eigenvalue weighted by Gasteiger charge is -2.28. The first-order chi connectivity index (χ1) is 30.1. The molecule has 0 aromatic rings. The average Bonchev–Trinajstić information content (AvgIpc) is 3.23. The Bertz CT molecular complexity index is 1000. The maximum Gasteiger partial charge on any atom is 0.306 e. The Hall–Kier alpha value is -0.760. The minimum Gasteiger partial charge on any atom is -0.756 e. The van der Waals surface area contributed by atoms with Crippen molar-refractivity contribution < 1.29 is 37.3 Å². The molecule has 0 radical (unpaired) electrons. The van der Waals surface area contributed by atoms with Crippen LogP contribution in [-0.2, 0) is 27.9 Å². The highest BCUT2D eigenvalue weighted by atomic mass is 31.2. The van der Waals surface area contributed by atoms with Gasteiger partial charge in [-0.3, -0.25) is 9.36 Å². The summed E-state index contributed by atoms with van der Waals surface area (Å²) in [6.45, 7) is 5.47. The number of hydrogen-bond acceptors (Lipinski definition) is 7. The van der Waals surface area contributed by atoms with Gasteiger partial charge >= 0.3 is 5.97 Å². The van der Waals surface area contributed by atoms with E-state index in [1.807, 2.05) is 21.1 Å². The first kappa shape index (κ1) is 61.2. The minimum atomic E-state index is -4.53. The lowest BCUT2D eigenvalue weighted by Crippen LogP contribution is -2.37. The molecule has 0 rings (SSSR count). The predicted octanol–water partition coefficient (Wildman–Crippen LogP) is 15.9. The van der Waals surface area contributed by atoms with Crippen molar-refractivity contribution in [3.63, 3.8) is 0 Å². The van der Waals surface area contributed by atoms with Crippen LogP contribution in [0.15, 0.2) is 12.2 Å². The van der Waals surface area contributed by atoms with Crippen molar-refractivity contribution in [2.75, 3.05) is 54.1 Å². The quantitative estimate of drug-likeness (QED) is 0.0197. The van der Waals surface area contributed by atoms with E-state index in [4.69, 9.17) is 18.5 Å². The summed E-state index contributed by atoms with van der Waals surface area (Å²) in [6.07, 6.45) is 53.8. The van der Waals surface area contributed by atoms with Crippen molar-refractivity contribution in [1.82, 2.24) is 0 Å². The van der Waals surface area contributed by atoms with Crippen LogP contribution in [0, 0.1) is 0 Å². The molecule has 0 aromatic heterocycles. The zero-order chi connectivity index (χ0) is 45.5. The Morgan fingerprint density at radius 1 is 0.484 bits per heavy atom. The summed E-state index contributed by atoms with van der Waals surface area (Å²) in [5, 5.41) is 0. The van der Waals surface area contributed by atoms with Gasteiger partial charge in [0.25, 0.3) is 7.82 Å². The van der Waals surface area contributed by atoms with Gasteiger partial charge in [0.15, 0.2) is 0 Å². The highest BCUT2D eigenvalue weighted by molar-refractivity contribution is 7.45. The molecule has 62 heavy (non-hydrogen) atoms. The maximum absolute atomic E-state index is 12.7. The van der Waals surface area contributed by atoms with Gasteiger partial charge in [0, 0.05) is 13.0 Å². The molecule has 0 bridgehead atoms. The summed E-state index contributed by atoms with van der Waals surface area (Å²) >= 11 is 0. The lowest BCUT2D eigenvalue weighted by atomic mass is 10.0. The van der Waals surface area contributed by atoms with Gasteiger partial charge in [0.1, 0.15) is 19.3 Å². The molecule has 8 nitrogen and oxygen atoms in total. The number of allylic oxidation sites excluding steroid dienone is 2.